The minimum Gasteiger partial charge on any atom is -0.369 e. The number of hydrogen-bond acceptors (Lipinski definition) is 2. The van der Waals surface area contributed by atoms with E-state index in [2.05, 4.69) is 10.2 Å². The van der Waals surface area contributed by atoms with E-state index in [0.29, 0.717) is 12.6 Å². The van der Waals surface area contributed by atoms with E-state index in [1.165, 1.54) is 25.7 Å². The number of nitrogens with one attached hydrogen (secondary N) is 1. The highest BCUT2D eigenvalue weighted by atomic mass is 32.1. The molecule has 2 saturated carbocycles. The first-order valence-electron chi connectivity index (χ1n) is 6.98. The molecule has 0 aromatic rings. The standard InChI is InChI=1S/C13H21N3OS/c14-12(17)10-3-4-16(7-10)13(18)15-11-6-8-1-2-9(11)5-8/h8-11H,1-7H2,(H2,14,17)(H,15,18)/t8-,9-,10+,11+/m0/s1. The molecule has 0 radical (unpaired) electrons. The third kappa shape index (κ3) is 2.20. The number of hydrogen-bond donors (Lipinski definition) is 2. The van der Waals surface area contributed by atoms with Gasteiger partial charge in [-0.15, -0.1) is 0 Å². The molecule has 1 amide bonds. The fourth-order valence-corrected chi connectivity index (χ4v) is 4.17. The van der Waals surface area contributed by atoms with E-state index in [1.54, 1.807) is 0 Å². The number of amides is 1. The zero-order chi connectivity index (χ0) is 12.7. The van der Waals surface area contributed by atoms with Gasteiger partial charge in [-0.05, 0) is 49.7 Å². The molecule has 3 fully saturated rings. The molecule has 4 nitrogen and oxygen atoms in total. The lowest BCUT2D eigenvalue weighted by Gasteiger charge is -2.28. The van der Waals surface area contributed by atoms with Gasteiger partial charge >= 0.3 is 0 Å². The molecule has 2 aliphatic carbocycles. The van der Waals surface area contributed by atoms with Gasteiger partial charge < -0.3 is 16.0 Å². The molecule has 2 bridgehead atoms. The van der Waals surface area contributed by atoms with E-state index in [0.717, 1.165) is 29.9 Å². The molecule has 1 aliphatic heterocycles. The Kier molecular flexibility index (Phi) is 3.18. The van der Waals surface area contributed by atoms with Crippen LogP contribution in [-0.2, 0) is 4.79 Å². The van der Waals surface area contributed by atoms with Crippen LogP contribution in [0.4, 0.5) is 0 Å². The Bertz CT molecular complexity index is 373. The molecule has 1 heterocycles. The summed E-state index contributed by atoms with van der Waals surface area (Å²) < 4.78 is 0. The zero-order valence-electron chi connectivity index (χ0n) is 10.6. The number of carbonyl (C=O) groups is 1. The van der Waals surface area contributed by atoms with E-state index in [9.17, 15) is 4.79 Å². The lowest BCUT2D eigenvalue weighted by molar-refractivity contribution is -0.121. The van der Waals surface area contributed by atoms with Gasteiger partial charge in [-0.25, -0.2) is 0 Å². The first-order valence-corrected chi connectivity index (χ1v) is 7.39. The molecule has 3 rings (SSSR count). The molecular weight excluding hydrogens is 246 g/mol. The van der Waals surface area contributed by atoms with Gasteiger partial charge in [0.25, 0.3) is 0 Å². The lowest BCUT2D eigenvalue weighted by Crippen LogP contribution is -2.46. The van der Waals surface area contributed by atoms with Crippen molar-refractivity contribution in [3.05, 3.63) is 0 Å². The van der Waals surface area contributed by atoms with Crippen molar-refractivity contribution in [1.82, 2.24) is 10.2 Å². The highest BCUT2D eigenvalue weighted by molar-refractivity contribution is 7.80. The highest BCUT2D eigenvalue weighted by Gasteiger charge is 2.40. The number of nitrogens with two attached hydrogens (primary N) is 1. The van der Waals surface area contributed by atoms with Crippen LogP contribution < -0.4 is 11.1 Å². The topological polar surface area (TPSA) is 58.4 Å². The normalized spacial score (nSPS) is 38.1. The molecule has 18 heavy (non-hydrogen) atoms. The number of thiocarbonyl (C=S) groups is 1. The summed E-state index contributed by atoms with van der Waals surface area (Å²) in [4.78, 5) is 13.3. The first kappa shape index (κ1) is 12.2. The Labute approximate surface area is 113 Å². The smallest absolute Gasteiger partial charge is 0.222 e. The van der Waals surface area contributed by atoms with Crippen molar-refractivity contribution in [1.29, 1.82) is 0 Å². The van der Waals surface area contributed by atoms with E-state index in [4.69, 9.17) is 18.0 Å². The molecule has 0 spiro atoms. The average molecular weight is 267 g/mol. The predicted octanol–water partition coefficient (Wildman–Crippen LogP) is 0.857. The van der Waals surface area contributed by atoms with E-state index < -0.39 is 0 Å². The van der Waals surface area contributed by atoms with E-state index in [-0.39, 0.29) is 11.8 Å². The van der Waals surface area contributed by atoms with Crippen molar-refractivity contribution in [3.8, 4) is 0 Å². The van der Waals surface area contributed by atoms with Crippen LogP contribution in [0.3, 0.4) is 0 Å². The number of carbonyl (C=O) groups excluding carboxylic acids is 1. The number of primary amides is 1. The van der Waals surface area contributed by atoms with Crippen molar-refractivity contribution in [2.45, 2.75) is 38.1 Å². The quantitative estimate of drug-likeness (QED) is 0.729. The Hall–Kier alpha value is -0.840. The molecule has 0 unspecified atom stereocenters. The summed E-state index contributed by atoms with van der Waals surface area (Å²) in [5.74, 6) is 1.53. The van der Waals surface area contributed by atoms with Crippen LogP contribution >= 0.6 is 12.2 Å². The summed E-state index contributed by atoms with van der Waals surface area (Å²) in [6, 6.07) is 0.573. The second kappa shape index (κ2) is 4.68. The zero-order valence-corrected chi connectivity index (χ0v) is 11.4. The molecule has 4 atom stereocenters. The summed E-state index contributed by atoms with van der Waals surface area (Å²) in [5.41, 5.74) is 5.34. The van der Waals surface area contributed by atoms with Gasteiger partial charge in [0.15, 0.2) is 5.11 Å². The maximum absolute atomic E-state index is 11.2. The Balaban J connectivity index is 1.52. The van der Waals surface area contributed by atoms with Gasteiger partial charge in [0.05, 0.1) is 5.92 Å². The van der Waals surface area contributed by atoms with Crippen LogP contribution in [0.25, 0.3) is 0 Å². The van der Waals surface area contributed by atoms with Gasteiger partial charge in [0.1, 0.15) is 0 Å². The van der Waals surface area contributed by atoms with Gasteiger partial charge in [0.2, 0.25) is 5.91 Å². The molecule has 0 aromatic heterocycles. The largest absolute Gasteiger partial charge is 0.369 e. The fraction of sp³-hybridized carbons (Fsp3) is 0.846. The van der Waals surface area contributed by atoms with Crippen LogP contribution in [-0.4, -0.2) is 35.1 Å². The number of likely N-dealkylation sites (tertiary alicyclic amines) is 1. The van der Waals surface area contributed by atoms with Crippen molar-refractivity contribution in [2.75, 3.05) is 13.1 Å². The first-order chi connectivity index (χ1) is 8.63. The van der Waals surface area contributed by atoms with Gasteiger partial charge in [-0.3, -0.25) is 4.79 Å². The summed E-state index contributed by atoms with van der Waals surface area (Å²) in [7, 11) is 0. The molecule has 3 aliphatic rings. The molecule has 3 N–H and O–H groups in total. The van der Waals surface area contributed by atoms with Crippen LogP contribution in [0.1, 0.15) is 32.1 Å². The summed E-state index contributed by atoms with van der Waals surface area (Å²) >= 11 is 5.47. The molecule has 0 aromatic carbocycles. The summed E-state index contributed by atoms with van der Waals surface area (Å²) in [6.07, 6.45) is 6.26. The maximum atomic E-state index is 11.2. The van der Waals surface area contributed by atoms with Crippen LogP contribution in [0.15, 0.2) is 0 Å². The van der Waals surface area contributed by atoms with Crippen molar-refractivity contribution < 1.29 is 4.79 Å². The predicted molar refractivity (Wildman–Crippen MR) is 73.8 cm³/mol. The fourth-order valence-electron chi connectivity index (χ4n) is 3.85. The molecule has 1 saturated heterocycles. The minimum atomic E-state index is -0.194. The van der Waals surface area contributed by atoms with Crippen LogP contribution in [0, 0.1) is 17.8 Å². The Morgan fingerprint density at radius 2 is 2.11 bits per heavy atom. The van der Waals surface area contributed by atoms with Crippen molar-refractivity contribution in [3.63, 3.8) is 0 Å². The Morgan fingerprint density at radius 1 is 1.28 bits per heavy atom. The van der Waals surface area contributed by atoms with E-state index in [1.807, 2.05) is 0 Å². The molecule has 5 heteroatoms. The lowest BCUT2D eigenvalue weighted by atomic mass is 9.95. The van der Waals surface area contributed by atoms with Crippen LogP contribution in [0.2, 0.25) is 0 Å². The maximum Gasteiger partial charge on any atom is 0.222 e. The van der Waals surface area contributed by atoms with Gasteiger partial charge in [0, 0.05) is 19.1 Å². The highest BCUT2D eigenvalue weighted by Crippen LogP contribution is 2.44. The monoisotopic (exact) mass is 267 g/mol. The minimum absolute atomic E-state index is 0.0234. The van der Waals surface area contributed by atoms with Gasteiger partial charge in [-0.2, -0.15) is 0 Å². The van der Waals surface area contributed by atoms with Crippen LogP contribution in [0.5, 0.6) is 0 Å². The second-order valence-corrected chi connectivity index (χ2v) is 6.45. The number of fused-ring (bicyclic) bond motifs is 2. The van der Waals surface area contributed by atoms with Crippen molar-refractivity contribution in [2.24, 2.45) is 23.5 Å². The van der Waals surface area contributed by atoms with Gasteiger partial charge in [-0.1, -0.05) is 6.42 Å². The Morgan fingerprint density at radius 3 is 2.67 bits per heavy atom. The third-order valence-electron chi connectivity index (χ3n) is 4.92. The summed E-state index contributed by atoms with van der Waals surface area (Å²) in [5, 5.41) is 4.35. The molecular formula is C13H21N3OS. The third-order valence-corrected chi connectivity index (χ3v) is 5.30. The average Bonchev–Trinajstić information content (AvgIpc) is 3.04. The number of nitrogens with zero attached hydrogens (tertiary/aromatic N) is 1. The van der Waals surface area contributed by atoms with Crippen molar-refractivity contribution >= 4 is 23.2 Å². The second-order valence-electron chi connectivity index (χ2n) is 6.06. The van der Waals surface area contributed by atoms with E-state index >= 15 is 0 Å². The number of rotatable bonds is 2. The summed E-state index contributed by atoms with van der Waals surface area (Å²) in [6.45, 7) is 1.56. The SMILES string of the molecule is NC(=O)[C@@H]1CCN(C(=S)N[C@@H]2C[C@H]3CC[C@H]2C3)C1. The molecule has 100 valence electrons.